The molecule has 0 atom stereocenters. The van der Waals surface area contributed by atoms with E-state index in [1.807, 2.05) is 23.6 Å². The van der Waals surface area contributed by atoms with Crippen LogP contribution in [0.2, 0.25) is 0 Å². The lowest BCUT2D eigenvalue weighted by atomic mass is 10.2. The van der Waals surface area contributed by atoms with Crippen molar-refractivity contribution in [1.29, 1.82) is 0 Å². The molecule has 0 saturated heterocycles. The van der Waals surface area contributed by atoms with Crippen LogP contribution in [0.15, 0.2) is 30.9 Å². The second-order valence-corrected chi connectivity index (χ2v) is 5.75. The third-order valence-corrected chi connectivity index (χ3v) is 4.13. The number of aromatic nitrogens is 4. The summed E-state index contributed by atoms with van der Waals surface area (Å²) in [7, 11) is 3.18. The number of carbonyl (C=O) groups excluding carboxylic acids is 1. The first-order chi connectivity index (χ1) is 12.7. The molecule has 26 heavy (non-hydrogen) atoms. The van der Waals surface area contributed by atoms with E-state index in [-0.39, 0.29) is 5.91 Å². The summed E-state index contributed by atoms with van der Waals surface area (Å²) in [4.78, 5) is 25.3. The maximum Gasteiger partial charge on any atom is 0.255 e. The summed E-state index contributed by atoms with van der Waals surface area (Å²) < 4.78 is 12.2. The smallest absolute Gasteiger partial charge is 0.255 e. The highest BCUT2D eigenvalue weighted by molar-refractivity contribution is 6.05. The topological polar surface area (TPSA) is 91.2 Å². The lowest BCUT2D eigenvalue weighted by Crippen LogP contribution is -2.26. The standard InChI is InChI=1S/C18H21N5O3/c1-12-14(21-11-22-18(12)26-3)10-23-9-13(17(24)20-7-8-25-2)16-15(23)5-4-6-19-16/h4-6,9,11H,7-8,10H2,1-3H3,(H,20,24). The molecule has 3 aromatic heterocycles. The van der Waals surface area contributed by atoms with Gasteiger partial charge < -0.3 is 19.4 Å². The highest BCUT2D eigenvalue weighted by atomic mass is 16.5. The molecule has 0 radical (unpaired) electrons. The predicted molar refractivity (Wildman–Crippen MR) is 96.4 cm³/mol. The first kappa shape index (κ1) is 17.8. The van der Waals surface area contributed by atoms with Gasteiger partial charge in [0.15, 0.2) is 0 Å². The highest BCUT2D eigenvalue weighted by Crippen LogP contribution is 2.22. The number of methoxy groups -OCH3 is 2. The number of ether oxygens (including phenoxy) is 2. The number of hydrogen-bond donors (Lipinski definition) is 1. The SMILES string of the molecule is COCCNC(=O)c1cn(Cc2ncnc(OC)c2C)c2cccnc12. The van der Waals surface area contributed by atoms with Crippen molar-refractivity contribution in [1.82, 2.24) is 24.8 Å². The Balaban J connectivity index is 1.96. The van der Waals surface area contributed by atoms with E-state index in [1.54, 1.807) is 26.6 Å². The van der Waals surface area contributed by atoms with Crippen LogP contribution in [0.1, 0.15) is 21.6 Å². The first-order valence-electron chi connectivity index (χ1n) is 8.21. The van der Waals surface area contributed by atoms with E-state index in [0.29, 0.717) is 36.7 Å². The van der Waals surface area contributed by atoms with Crippen LogP contribution in [0.3, 0.4) is 0 Å². The van der Waals surface area contributed by atoms with Gasteiger partial charge in [-0.15, -0.1) is 0 Å². The molecule has 3 heterocycles. The van der Waals surface area contributed by atoms with Crippen molar-refractivity contribution in [3.05, 3.63) is 47.7 Å². The molecule has 8 heteroatoms. The van der Waals surface area contributed by atoms with Crippen molar-refractivity contribution >= 4 is 16.9 Å². The fourth-order valence-electron chi connectivity index (χ4n) is 2.78. The zero-order valence-electron chi connectivity index (χ0n) is 15.0. The molecule has 0 unspecified atom stereocenters. The summed E-state index contributed by atoms with van der Waals surface area (Å²) in [6, 6.07) is 3.78. The number of nitrogens with zero attached hydrogens (tertiary/aromatic N) is 4. The number of rotatable bonds is 7. The minimum absolute atomic E-state index is 0.179. The van der Waals surface area contributed by atoms with Crippen LogP contribution in [-0.2, 0) is 11.3 Å². The Morgan fingerprint density at radius 1 is 1.27 bits per heavy atom. The van der Waals surface area contributed by atoms with Gasteiger partial charge >= 0.3 is 0 Å². The summed E-state index contributed by atoms with van der Waals surface area (Å²) in [6.45, 7) is 3.30. The van der Waals surface area contributed by atoms with Crippen molar-refractivity contribution in [3.8, 4) is 5.88 Å². The van der Waals surface area contributed by atoms with Gasteiger partial charge in [0.25, 0.3) is 5.91 Å². The first-order valence-corrected chi connectivity index (χ1v) is 8.21. The quantitative estimate of drug-likeness (QED) is 0.647. The van der Waals surface area contributed by atoms with Crippen molar-refractivity contribution in [2.24, 2.45) is 0 Å². The van der Waals surface area contributed by atoms with Gasteiger partial charge in [0.05, 0.1) is 37.0 Å². The van der Waals surface area contributed by atoms with Crippen LogP contribution < -0.4 is 10.1 Å². The Labute approximate surface area is 151 Å². The number of fused-ring (bicyclic) bond motifs is 1. The van der Waals surface area contributed by atoms with Gasteiger partial charge in [0.2, 0.25) is 5.88 Å². The van der Waals surface area contributed by atoms with Gasteiger partial charge in [-0.05, 0) is 19.1 Å². The van der Waals surface area contributed by atoms with Gasteiger partial charge in [-0.1, -0.05) is 0 Å². The lowest BCUT2D eigenvalue weighted by molar-refractivity contribution is 0.0938. The molecule has 0 bridgehead atoms. The van der Waals surface area contributed by atoms with Gasteiger partial charge in [-0.2, -0.15) is 0 Å². The average molecular weight is 355 g/mol. The molecule has 3 rings (SSSR count). The molecule has 3 aromatic rings. The molecule has 1 N–H and O–H groups in total. The van der Waals surface area contributed by atoms with Crippen molar-refractivity contribution in [3.63, 3.8) is 0 Å². The molecule has 1 amide bonds. The van der Waals surface area contributed by atoms with Gasteiger partial charge in [-0.25, -0.2) is 9.97 Å². The van der Waals surface area contributed by atoms with E-state index in [1.165, 1.54) is 6.33 Å². The number of nitrogens with one attached hydrogen (secondary N) is 1. The van der Waals surface area contributed by atoms with Gasteiger partial charge in [0.1, 0.15) is 11.8 Å². The zero-order valence-corrected chi connectivity index (χ0v) is 15.0. The van der Waals surface area contributed by atoms with E-state index in [9.17, 15) is 4.79 Å². The molecular weight excluding hydrogens is 334 g/mol. The van der Waals surface area contributed by atoms with Crippen LogP contribution in [0, 0.1) is 6.92 Å². The van der Waals surface area contributed by atoms with E-state index in [2.05, 4.69) is 20.3 Å². The molecule has 0 aliphatic rings. The summed E-state index contributed by atoms with van der Waals surface area (Å²) in [5, 5.41) is 2.84. The van der Waals surface area contributed by atoms with Crippen LogP contribution >= 0.6 is 0 Å². The van der Waals surface area contributed by atoms with Crippen LogP contribution in [-0.4, -0.2) is 52.8 Å². The number of pyridine rings is 1. The minimum atomic E-state index is -0.179. The fourth-order valence-corrected chi connectivity index (χ4v) is 2.78. The number of hydrogen-bond acceptors (Lipinski definition) is 6. The van der Waals surface area contributed by atoms with E-state index < -0.39 is 0 Å². The minimum Gasteiger partial charge on any atom is -0.481 e. The van der Waals surface area contributed by atoms with Crippen LogP contribution in [0.4, 0.5) is 0 Å². The highest BCUT2D eigenvalue weighted by Gasteiger charge is 2.17. The third-order valence-electron chi connectivity index (χ3n) is 4.13. The maximum absolute atomic E-state index is 12.5. The summed E-state index contributed by atoms with van der Waals surface area (Å²) >= 11 is 0. The molecule has 0 spiro atoms. The molecule has 0 saturated carbocycles. The van der Waals surface area contributed by atoms with Gasteiger partial charge in [0, 0.05) is 31.6 Å². The Kier molecular flexibility index (Phi) is 5.43. The summed E-state index contributed by atoms with van der Waals surface area (Å²) in [6.07, 6.45) is 4.95. The largest absolute Gasteiger partial charge is 0.481 e. The van der Waals surface area contributed by atoms with Crippen molar-refractivity contribution < 1.29 is 14.3 Å². The van der Waals surface area contributed by atoms with Crippen LogP contribution in [0.5, 0.6) is 5.88 Å². The van der Waals surface area contributed by atoms with E-state index in [0.717, 1.165) is 16.8 Å². The molecule has 0 aliphatic carbocycles. The molecule has 0 aromatic carbocycles. The maximum atomic E-state index is 12.5. The molecule has 8 nitrogen and oxygen atoms in total. The lowest BCUT2D eigenvalue weighted by Gasteiger charge is -2.09. The van der Waals surface area contributed by atoms with Crippen molar-refractivity contribution in [2.75, 3.05) is 27.4 Å². The van der Waals surface area contributed by atoms with Gasteiger partial charge in [-0.3, -0.25) is 9.78 Å². The third kappa shape index (κ3) is 3.50. The van der Waals surface area contributed by atoms with E-state index in [4.69, 9.17) is 9.47 Å². The summed E-state index contributed by atoms with van der Waals surface area (Å²) in [5.74, 6) is 0.364. The monoisotopic (exact) mass is 355 g/mol. The molecule has 136 valence electrons. The Hall–Kier alpha value is -3.00. The normalized spacial score (nSPS) is 10.9. The second kappa shape index (κ2) is 7.92. The van der Waals surface area contributed by atoms with Crippen LogP contribution in [0.25, 0.3) is 11.0 Å². The Morgan fingerprint density at radius 2 is 2.12 bits per heavy atom. The molecule has 0 fully saturated rings. The Bertz CT molecular complexity index is 922. The number of amides is 1. The summed E-state index contributed by atoms with van der Waals surface area (Å²) in [5.41, 5.74) is 3.73. The molecule has 0 aliphatic heterocycles. The molecular formula is C18H21N5O3. The fraction of sp³-hybridized carbons (Fsp3) is 0.333. The number of carbonyl (C=O) groups is 1. The van der Waals surface area contributed by atoms with Crippen molar-refractivity contribution in [2.45, 2.75) is 13.5 Å². The Morgan fingerprint density at radius 3 is 2.88 bits per heavy atom. The average Bonchev–Trinajstić information content (AvgIpc) is 3.02. The van der Waals surface area contributed by atoms with E-state index >= 15 is 0 Å². The zero-order chi connectivity index (χ0) is 18.5. The predicted octanol–water partition coefficient (Wildman–Crippen LogP) is 1.57. The second-order valence-electron chi connectivity index (χ2n) is 5.75.